The summed E-state index contributed by atoms with van der Waals surface area (Å²) in [5, 5.41) is 3.55. The zero-order valence-corrected chi connectivity index (χ0v) is 19.6. The molecule has 0 bridgehead atoms. The first-order chi connectivity index (χ1) is 13.6. The van der Waals surface area contributed by atoms with E-state index in [4.69, 9.17) is 14.2 Å². The van der Waals surface area contributed by atoms with Gasteiger partial charge in [0.1, 0.15) is 5.75 Å². The Morgan fingerprint density at radius 2 is 1.67 bits per heavy atom. The van der Waals surface area contributed by atoms with Crippen LogP contribution in [0.25, 0.3) is 0 Å². The smallest absolute Gasteiger partial charge is 0.161 e. The molecule has 0 amide bonds. The first-order valence-corrected chi connectivity index (χ1v) is 10.1. The summed E-state index contributed by atoms with van der Waals surface area (Å²) in [4.78, 5) is 2.63. The zero-order chi connectivity index (χ0) is 19.7. The van der Waals surface area contributed by atoms with E-state index in [-0.39, 0.29) is 37.0 Å². The fourth-order valence-corrected chi connectivity index (χ4v) is 4.48. The highest BCUT2D eigenvalue weighted by atomic mass is 35.5. The number of rotatable bonds is 5. The van der Waals surface area contributed by atoms with E-state index in [2.05, 4.69) is 60.5 Å². The van der Waals surface area contributed by atoms with Gasteiger partial charge in [-0.3, -0.25) is 4.90 Å². The first-order valence-electron chi connectivity index (χ1n) is 10.1. The average molecular weight is 455 g/mol. The summed E-state index contributed by atoms with van der Waals surface area (Å²) < 4.78 is 17.0. The number of halogens is 2. The van der Waals surface area contributed by atoms with Crippen LogP contribution < -0.4 is 19.5 Å². The Bertz CT molecular complexity index is 830. The third-order valence-electron chi connectivity index (χ3n) is 5.69. The number of methoxy groups -OCH3 is 2. The Morgan fingerprint density at radius 3 is 2.30 bits per heavy atom. The van der Waals surface area contributed by atoms with Crippen molar-refractivity contribution >= 4 is 24.8 Å². The van der Waals surface area contributed by atoms with Gasteiger partial charge in [-0.25, -0.2) is 0 Å². The predicted octanol–water partition coefficient (Wildman–Crippen LogP) is 4.25. The van der Waals surface area contributed by atoms with Gasteiger partial charge < -0.3 is 19.5 Å². The Kier molecular flexibility index (Phi) is 8.68. The largest absolute Gasteiger partial charge is 0.493 e. The number of nitrogens with one attached hydrogen (secondary N) is 1. The molecule has 0 saturated carbocycles. The minimum absolute atomic E-state index is 0. The van der Waals surface area contributed by atoms with Crippen LogP contribution in [-0.2, 0) is 6.42 Å². The van der Waals surface area contributed by atoms with Gasteiger partial charge in [0.25, 0.3) is 0 Å². The van der Waals surface area contributed by atoms with Crippen LogP contribution >= 0.6 is 24.8 Å². The third-order valence-corrected chi connectivity index (χ3v) is 5.69. The maximum atomic E-state index is 5.84. The van der Waals surface area contributed by atoms with Crippen molar-refractivity contribution in [2.24, 2.45) is 0 Å². The van der Waals surface area contributed by atoms with Crippen molar-refractivity contribution in [1.29, 1.82) is 0 Å². The van der Waals surface area contributed by atoms with Crippen molar-refractivity contribution in [3.05, 3.63) is 53.1 Å². The number of benzene rings is 2. The zero-order valence-electron chi connectivity index (χ0n) is 18.0. The lowest BCUT2D eigenvalue weighted by molar-refractivity contribution is 0.111. The van der Waals surface area contributed by atoms with Crippen LogP contribution in [0.3, 0.4) is 0 Å². The maximum absolute atomic E-state index is 5.84. The second-order valence-electron chi connectivity index (χ2n) is 7.84. The SMILES string of the molecule is COc1cc2c(cc1OC)C(c1ccc(OC(C)C)cc1)N1CCNCC1C2.Cl.Cl. The lowest BCUT2D eigenvalue weighted by Crippen LogP contribution is -2.55. The van der Waals surface area contributed by atoms with Crippen molar-refractivity contribution in [3.8, 4) is 17.2 Å². The van der Waals surface area contributed by atoms with E-state index < -0.39 is 0 Å². The number of nitrogens with zero attached hydrogens (tertiary/aromatic N) is 1. The van der Waals surface area contributed by atoms with Crippen LogP contribution in [0, 0.1) is 0 Å². The van der Waals surface area contributed by atoms with E-state index in [1.165, 1.54) is 16.7 Å². The van der Waals surface area contributed by atoms with Gasteiger partial charge >= 0.3 is 0 Å². The number of piperazine rings is 1. The molecule has 2 atom stereocenters. The molecule has 0 spiro atoms. The van der Waals surface area contributed by atoms with Gasteiger partial charge in [-0.1, -0.05) is 12.1 Å². The van der Waals surface area contributed by atoms with Crippen molar-refractivity contribution in [1.82, 2.24) is 10.2 Å². The molecule has 2 aliphatic heterocycles. The minimum Gasteiger partial charge on any atom is -0.493 e. The molecule has 2 unspecified atom stereocenters. The fourth-order valence-electron chi connectivity index (χ4n) is 4.48. The monoisotopic (exact) mass is 454 g/mol. The van der Waals surface area contributed by atoms with Crippen LogP contribution in [0.5, 0.6) is 17.2 Å². The van der Waals surface area contributed by atoms with Crippen molar-refractivity contribution in [2.75, 3.05) is 33.9 Å². The second-order valence-corrected chi connectivity index (χ2v) is 7.84. The molecule has 2 heterocycles. The molecule has 0 radical (unpaired) electrons. The predicted molar refractivity (Wildman–Crippen MR) is 125 cm³/mol. The molecule has 7 heteroatoms. The van der Waals surface area contributed by atoms with Gasteiger partial charge in [-0.2, -0.15) is 0 Å². The van der Waals surface area contributed by atoms with E-state index in [0.717, 1.165) is 43.3 Å². The van der Waals surface area contributed by atoms with E-state index in [0.29, 0.717) is 6.04 Å². The molecule has 1 N–H and O–H groups in total. The standard InChI is InChI=1S/C23H30N2O3.2ClH/c1-15(2)28-19-7-5-16(6-8-19)23-20-13-22(27-4)21(26-3)12-17(20)11-18-14-24-9-10-25(18)23;;/h5-8,12-13,15,18,23-24H,9-11,14H2,1-4H3;2*1H. The van der Waals surface area contributed by atoms with Crippen molar-refractivity contribution < 1.29 is 14.2 Å². The second kappa shape index (κ2) is 10.6. The highest BCUT2D eigenvalue weighted by Gasteiger charge is 2.37. The van der Waals surface area contributed by atoms with Gasteiger partial charge in [-0.05, 0) is 61.2 Å². The van der Waals surface area contributed by atoms with Gasteiger partial charge in [-0.15, -0.1) is 24.8 Å². The Balaban J connectivity index is 0.00000160. The topological polar surface area (TPSA) is 43.0 Å². The lowest BCUT2D eigenvalue weighted by Gasteiger charge is -2.46. The van der Waals surface area contributed by atoms with Gasteiger partial charge in [0, 0.05) is 25.7 Å². The fraction of sp³-hybridized carbons (Fsp3) is 0.478. The van der Waals surface area contributed by atoms with E-state index in [1.54, 1.807) is 14.2 Å². The molecule has 30 heavy (non-hydrogen) atoms. The molecule has 1 saturated heterocycles. The summed E-state index contributed by atoms with van der Waals surface area (Å²) in [6.45, 7) is 7.17. The van der Waals surface area contributed by atoms with Crippen LogP contribution in [-0.4, -0.2) is 50.9 Å². The molecular formula is C23H32Cl2N2O3. The summed E-state index contributed by atoms with van der Waals surface area (Å²) >= 11 is 0. The third kappa shape index (κ3) is 4.80. The van der Waals surface area contributed by atoms with E-state index >= 15 is 0 Å². The normalized spacial score (nSPS) is 20.3. The highest BCUT2D eigenvalue weighted by molar-refractivity contribution is 5.85. The molecular weight excluding hydrogens is 423 g/mol. The van der Waals surface area contributed by atoms with Crippen LogP contribution in [0.2, 0.25) is 0 Å². The quantitative estimate of drug-likeness (QED) is 0.730. The van der Waals surface area contributed by atoms with Crippen molar-refractivity contribution in [2.45, 2.75) is 38.5 Å². The number of fused-ring (bicyclic) bond motifs is 2. The van der Waals surface area contributed by atoms with E-state index in [1.807, 2.05) is 0 Å². The van der Waals surface area contributed by atoms with Crippen LogP contribution in [0.15, 0.2) is 36.4 Å². The summed E-state index contributed by atoms with van der Waals surface area (Å²) in [5.74, 6) is 2.51. The Labute approximate surface area is 191 Å². The molecule has 1 fully saturated rings. The van der Waals surface area contributed by atoms with Gasteiger partial charge in [0.05, 0.1) is 26.4 Å². The van der Waals surface area contributed by atoms with Gasteiger partial charge in [0.2, 0.25) is 0 Å². The molecule has 5 nitrogen and oxygen atoms in total. The molecule has 2 aromatic carbocycles. The summed E-state index contributed by atoms with van der Waals surface area (Å²) in [6.07, 6.45) is 1.20. The Hall–Kier alpha value is -1.66. The maximum Gasteiger partial charge on any atom is 0.161 e. The average Bonchev–Trinajstić information content (AvgIpc) is 2.71. The first kappa shape index (κ1) is 24.6. The number of hydrogen-bond acceptors (Lipinski definition) is 5. The highest BCUT2D eigenvalue weighted by Crippen LogP contribution is 2.43. The van der Waals surface area contributed by atoms with Crippen molar-refractivity contribution in [3.63, 3.8) is 0 Å². The molecule has 0 aromatic heterocycles. The van der Waals surface area contributed by atoms with E-state index in [9.17, 15) is 0 Å². The minimum atomic E-state index is 0. The lowest BCUT2D eigenvalue weighted by atomic mass is 9.83. The van der Waals surface area contributed by atoms with Crippen LogP contribution in [0.4, 0.5) is 0 Å². The number of ether oxygens (including phenoxy) is 3. The Morgan fingerprint density at radius 1 is 1.00 bits per heavy atom. The summed E-state index contributed by atoms with van der Waals surface area (Å²) in [7, 11) is 3.40. The molecule has 2 aliphatic rings. The molecule has 0 aliphatic carbocycles. The molecule has 2 aromatic rings. The van der Waals surface area contributed by atoms with Gasteiger partial charge in [0.15, 0.2) is 11.5 Å². The number of hydrogen-bond donors (Lipinski definition) is 1. The summed E-state index contributed by atoms with van der Waals surface area (Å²) in [5.41, 5.74) is 3.94. The molecule has 166 valence electrons. The summed E-state index contributed by atoms with van der Waals surface area (Å²) in [6, 6.07) is 13.6. The molecule has 4 rings (SSSR count). The van der Waals surface area contributed by atoms with Crippen LogP contribution in [0.1, 0.15) is 36.6 Å².